The van der Waals surface area contributed by atoms with Crippen LogP contribution in [0.1, 0.15) is 44.7 Å². The zero-order valence-corrected chi connectivity index (χ0v) is 10.2. The topological polar surface area (TPSA) is 21.3 Å². The van der Waals surface area contributed by atoms with Gasteiger partial charge in [0.1, 0.15) is 5.75 Å². The van der Waals surface area contributed by atoms with Crippen LogP contribution >= 0.6 is 0 Å². The summed E-state index contributed by atoms with van der Waals surface area (Å²) < 4.78 is 5.89. The fourth-order valence-electron chi connectivity index (χ4n) is 1.96. The van der Waals surface area contributed by atoms with Crippen LogP contribution in [0.3, 0.4) is 0 Å². The van der Waals surface area contributed by atoms with Crippen molar-refractivity contribution in [2.24, 2.45) is 0 Å². The van der Waals surface area contributed by atoms with E-state index < -0.39 is 0 Å². The van der Waals surface area contributed by atoms with E-state index in [1.807, 2.05) is 0 Å². The second-order valence-corrected chi connectivity index (χ2v) is 4.52. The van der Waals surface area contributed by atoms with Gasteiger partial charge in [0.2, 0.25) is 0 Å². The van der Waals surface area contributed by atoms with Crippen molar-refractivity contribution in [1.29, 1.82) is 0 Å². The van der Waals surface area contributed by atoms with Gasteiger partial charge in [-0.2, -0.15) is 0 Å². The molecule has 16 heavy (non-hydrogen) atoms. The molecule has 1 aromatic carbocycles. The molecule has 2 rings (SSSR count). The molecule has 0 amide bonds. The third-order valence-corrected chi connectivity index (χ3v) is 3.22. The lowest BCUT2D eigenvalue weighted by Gasteiger charge is -2.26. The normalized spacial score (nSPS) is 17.9. The van der Waals surface area contributed by atoms with Gasteiger partial charge >= 0.3 is 0 Å². The van der Waals surface area contributed by atoms with E-state index in [2.05, 4.69) is 43.4 Å². The monoisotopic (exact) mass is 219 g/mol. The maximum absolute atomic E-state index is 5.89. The molecule has 0 aromatic heterocycles. The number of rotatable bonds is 5. The lowest BCUT2D eigenvalue weighted by Crippen LogP contribution is -2.24. The van der Waals surface area contributed by atoms with Gasteiger partial charge in [-0.25, -0.2) is 0 Å². The Morgan fingerprint density at radius 3 is 2.88 bits per heavy atom. The molecule has 0 spiro atoms. The molecule has 0 bridgehead atoms. The molecule has 1 aromatic rings. The van der Waals surface area contributed by atoms with Crippen molar-refractivity contribution in [3.63, 3.8) is 0 Å². The second kappa shape index (κ2) is 5.35. The molecule has 0 heterocycles. The number of hydrogen-bond acceptors (Lipinski definition) is 2. The molecular weight excluding hydrogens is 198 g/mol. The first-order chi connectivity index (χ1) is 7.79. The summed E-state index contributed by atoms with van der Waals surface area (Å²) in [5.41, 5.74) is 1.30. The average molecular weight is 219 g/mol. The summed E-state index contributed by atoms with van der Waals surface area (Å²) in [4.78, 5) is 0. The summed E-state index contributed by atoms with van der Waals surface area (Å²) in [5, 5.41) is 3.41. The van der Waals surface area contributed by atoms with Crippen molar-refractivity contribution in [3.05, 3.63) is 29.8 Å². The molecule has 1 N–H and O–H groups in total. The Kier molecular flexibility index (Phi) is 3.83. The van der Waals surface area contributed by atoms with Crippen LogP contribution < -0.4 is 10.1 Å². The minimum atomic E-state index is 0.398. The standard InChI is InChI=1S/C14H21NO/c1-3-15-11(2)12-6-4-9-14(10-12)16-13-7-5-8-13/h4,6,9-11,13,15H,3,5,7-8H2,1-2H3. The molecule has 1 fully saturated rings. The molecule has 1 aliphatic rings. The quantitative estimate of drug-likeness (QED) is 0.820. The first-order valence-electron chi connectivity index (χ1n) is 6.29. The minimum Gasteiger partial charge on any atom is -0.490 e. The van der Waals surface area contributed by atoms with E-state index in [1.54, 1.807) is 0 Å². The zero-order valence-electron chi connectivity index (χ0n) is 10.2. The van der Waals surface area contributed by atoms with Gasteiger partial charge in [0.15, 0.2) is 0 Å². The highest BCUT2D eigenvalue weighted by Gasteiger charge is 2.19. The van der Waals surface area contributed by atoms with Gasteiger partial charge in [0.05, 0.1) is 6.10 Å². The summed E-state index contributed by atoms with van der Waals surface area (Å²) in [6.07, 6.45) is 4.21. The molecule has 0 aliphatic heterocycles. The van der Waals surface area contributed by atoms with Crippen LogP contribution in [0.2, 0.25) is 0 Å². The highest BCUT2D eigenvalue weighted by atomic mass is 16.5. The third kappa shape index (κ3) is 2.76. The van der Waals surface area contributed by atoms with Gasteiger partial charge in [-0.3, -0.25) is 0 Å². The largest absolute Gasteiger partial charge is 0.490 e. The second-order valence-electron chi connectivity index (χ2n) is 4.52. The van der Waals surface area contributed by atoms with Crippen LogP contribution in [-0.2, 0) is 0 Å². The number of ether oxygens (including phenoxy) is 1. The summed E-state index contributed by atoms with van der Waals surface area (Å²) in [5.74, 6) is 1.02. The van der Waals surface area contributed by atoms with Gasteiger partial charge < -0.3 is 10.1 Å². The molecule has 88 valence electrons. The van der Waals surface area contributed by atoms with Crippen LogP contribution in [0.4, 0.5) is 0 Å². The summed E-state index contributed by atoms with van der Waals surface area (Å²) in [6, 6.07) is 8.85. The lowest BCUT2D eigenvalue weighted by molar-refractivity contribution is 0.120. The highest BCUT2D eigenvalue weighted by Crippen LogP contribution is 2.26. The van der Waals surface area contributed by atoms with E-state index in [9.17, 15) is 0 Å². The molecular formula is C14H21NO. The number of hydrogen-bond donors (Lipinski definition) is 1. The molecule has 1 atom stereocenters. The van der Waals surface area contributed by atoms with E-state index in [0.29, 0.717) is 12.1 Å². The Hall–Kier alpha value is -1.02. The van der Waals surface area contributed by atoms with E-state index in [0.717, 1.165) is 12.3 Å². The predicted octanol–water partition coefficient (Wildman–Crippen LogP) is 3.29. The van der Waals surface area contributed by atoms with Crippen molar-refractivity contribution in [1.82, 2.24) is 5.32 Å². The Morgan fingerprint density at radius 1 is 1.44 bits per heavy atom. The van der Waals surface area contributed by atoms with Gasteiger partial charge in [-0.1, -0.05) is 19.1 Å². The Labute approximate surface area is 98.0 Å². The summed E-state index contributed by atoms with van der Waals surface area (Å²) >= 11 is 0. The molecule has 1 saturated carbocycles. The van der Waals surface area contributed by atoms with E-state index >= 15 is 0 Å². The van der Waals surface area contributed by atoms with Crippen molar-refractivity contribution in [2.45, 2.75) is 45.3 Å². The maximum Gasteiger partial charge on any atom is 0.120 e. The molecule has 0 radical (unpaired) electrons. The SMILES string of the molecule is CCNC(C)c1cccc(OC2CCC2)c1. The molecule has 2 nitrogen and oxygen atoms in total. The fourth-order valence-corrected chi connectivity index (χ4v) is 1.96. The van der Waals surface area contributed by atoms with Crippen LogP contribution in [0.25, 0.3) is 0 Å². The number of nitrogens with one attached hydrogen (secondary N) is 1. The van der Waals surface area contributed by atoms with Gasteiger partial charge in [-0.05, 0) is 50.4 Å². The van der Waals surface area contributed by atoms with Gasteiger partial charge in [-0.15, -0.1) is 0 Å². The van der Waals surface area contributed by atoms with Gasteiger partial charge in [0.25, 0.3) is 0 Å². The zero-order chi connectivity index (χ0) is 11.4. The van der Waals surface area contributed by atoms with Crippen LogP contribution in [-0.4, -0.2) is 12.6 Å². The highest BCUT2D eigenvalue weighted by molar-refractivity contribution is 5.30. The van der Waals surface area contributed by atoms with Crippen molar-refractivity contribution < 1.29 is 4.74 Å². The van der Waals surface area contributed by atoms with E-state index in [1.165, 1.54) is 24.8 Å². The molecule has 1 aliphatic carbocycles. The maximum atomic E-state index is 5.89. The Bertz CT molecular complexity index is 333. The first kappa shape index (κ1) is 11.5. The smallest absolute Gasteiger partial charge is 0.120 e. The first-order valence-corrected chi connectivity index (χ1v) is 6.29. The van der Waals surface area contributed by atoms with Crippen molar-refractivity contribution in [3.8, 4) is 5.75 Å². The minimum absolute atomic E-state index is 0.398. The van der Waals surface area contributed by atoms with Crippen LogP contribution in [0.15, 0.2) is 24.3 Å². The average Bonchev–Trinajstić information content (AvgIpc) is 2.24. The summed E-state index contributed by atoms with van der Waals surface area (Å²) in [6.45, 7) is 5.31. The summed E-state index contributed by atoms with van der Waals surface area (Å²) in [7, 11) is 0. The van der Waals surface area contributed by atoms with Crippen LogP contribution in [0, 0.1) is 0 Å². The van der Waals surface area contributed by atoms with Crippen molar-refractivity contribution in [2.75, 3.05) is 6.54 Å². The Balaban J connectivity index is 2.00. The van der Waals surface area contributed by atoms with E-state index in [-0.39, 0.29) is 0 Å². The lowest BCUT2D eigenvalue weighted by atomic mass is 9.96. The molecule has 2 heteroatoms. The Morgan fingerprint density at radius 2 is 2.25 bits per heavy atom. The predicted molar refractivity (Wildman–Crippen MR) is 66.8 cm³/mol. The molecule has 1 unspecified atom stereocenters. The molecule has 0 saturated heterocycles. The van der Waals surface area contributed by atoms with Gasteiger partial charge in [0, 0.05) is 6.04 Å². The number of benzene rings is 1. The third-order valence-electron chi connectivity index (χ3n) is 3.22. The van der Waals surface area contributed by atoms with E-state index in [4.69, 9.17) is 4.74 Å². The van der Waals surface area contributed by atoms with Crippen LogP contribution in [0.5, 0.6) is 5.75 Å². The van der Waals surface area contributed by atoms with Crippen molar-refractivity contribution >= 4 is 0 Å². The fraction of sp³-hybridized carbons (Fsp3) is 0.571.